The lowest BCUT2D eigenvalue weighted by molar-refractivity contribution is 0.136. The van der Waals surface area contributed by atoms with Gasteiger partial charge in [-0.05, 0) is 25.5 Å². The molecule has 17 heavy (non-hydrogen) atoms. The maximum absolute atomic E-state index is 11.6. The Morgan fingerprint density at radius 2 is 2.12 bits per heavy atom. The fourth-order valence-corrected chi connectivity index (χ4v) is 2.15. The van der Waals surface area contributed by atoms with Crippen LogP contribution in [0.5, 0.6) is 5.75 Å². The molecular weight excluding hydrogens is 218 g/mol. The first-order chi connectivity index (χ1) is 8.08. The Balaban J connectivity index is 2.26. The van der Waals surface area contributed by atoms with Gasteiger partial charge in [0.2, 0.25) is 0 Å². The van der Waals surface area contributed by atoms with E-state index in [1.807, 2.05) is 19.9 Å². The third-order valence-corrected chi connectivity index (χ3v) is 3.42. The summed E-state index contributed by atoms with van der Waals surface area (Å²) in [5.74, 6) is 0.599. The Labute approximate surface area is 98.8 Å². The van der Waals surface area contributed by atoms with E-state index in [4.69, 9.17) is 9.15 Å². The molecule has 3 rings (SSSR count). The van der Waals surface area contributed by atoms with E-state index in [0.29, 0.717) is 5.75 Å². The van der Waals surface area contributed by atoms with Crippen molar-refractivity contribution in [3.8, 4) is 5.75 Å². The molecule has 0 radical (unpaired) electrons. The van der Waals surface area contributed by atoms with Crippen LogP contribution in [-0.4, -0.2) is 18.0 Å². The highest BCUT2D eigenvalue weighted by Gasteiger charge is 2.29. The van der Waals surface area contributed by atoms with Crippen LogP contribution in [-0.2, 0) is 0 Å². The summed E-state index contributed by atoms with van der Waals surface area (Å²) >= 11 is 0. The predicted molar refractivity (Wildman–Crippen MR) is 63.2 cm³/mol. The molecule has 2 aromatic rings. The quantitative estimate of drug-likeness (QED) is 0.699. The molecule has 4 heteroatoms. The molecular formula is C13H13NO3. The molecule has 1 aromatic heterocycles. The maximum Gasteiger partial charge on any atom is 0.415 e. The highest BCUT2D eigenvalue weighted by Crippen LogP contribution is 2.37. The second-order valence-corrected chi connectivity index (χ2v) is 4.46. The monoisotopic (exact) mass is 231 g/mol. The number of nitrogens with zero attached hydrogens (tertiary/aromatic N) is 1. The zero-order valence-corrected chi connectivity index (χ0v) is 9.98. The van der Waals surface area contributed by atoms with Crippen molar-refractivity contribution in [2.24, 2.45) is 0 Å². The van der Waals surface area contributed by atoms with E-state index in [1.54, 1.807) is 24.3 Å². The molecule has 1 aromatic carbocycles. The van der Waals surface area contributed by atoms with Gasteiger partial charge in [-0.25, -0.2) is 4.79 Å². The lowest BCUT2D eigenvalue weighted by Crippen LogP contribution is -2.36. The van der Waals surface area contributed by atoms with Gasteiger partial charge in [-0.2, -0.15) is 0 Å². The molecule has 1 aliphatic heterocycles. The molecule has 0 saturated carbocycles. The minimum atomic E-state index is -0.326. The Morgan fingerprint density at radius 1 is 1.35 bits per heavy atom. The first kappa shape index (κ1) is 10.2. The molecule has 2 heterocycles. The van der Waals surface area contributed by atoms with E-state index < -0.39 is 0 Å². The number of rotatable bonds is 0. The van der Waals surface area contributed by atoms with Crippen LogP contribution >= 0.6 is 0 Å². The minimum absolute atomic E-state index is 0.0185. The van der Waals surface area contributed by atoms with E-state index >= 15 is 0 Å². The smallest absolute Gasteiger partial charge is 0.415 e. The molecule has 0 bridgehead atoms. The van der Waals surface area contributed by atoms with Crippen molar-refractivity contribution in [3.63, 3.8) is 0 Å². The van der Waals surface area contributed by atoms with Crippen molar-refractivity contribution >= 4 is 17.1 Å². The van der Waals surface area contributed by atoms with Crippen molar-refractivity contribution in [2.45, 2.75) is 19.9 Å². The number of furan rings is 1. The van der Waals surface area contributed by atoms with Crippen LogP contribution in [0.4, 0.5) is 4.79 Å². The number of amides is 1. The Morgan fingerprint density at radius 3 is 2.88 bits per heavy atom. The van der Waals surface area contributed by atoms with Crippen molar-refractivity contribution in [1.82, 2.24) is 4.90 Å². The summed E-state index contributed by atoms with van der Waals surface area (Å²) in [5.41, 5.74) is 2.87. The second kappa shape index (κ2) is 3.26. The summed E-state index contributed by atoms with van der Waals surface area (Å²) < 4.78 is 10.7. The predicted octanol–water partition coefficient (Wildman–Crippen LogP) is 3.25. The Hall–Kier alpha value is -1.97. The summed E-state index contributed by atoms with van der Waals surface area (Å²) in [6, 6.07) is 3.85. The molecule has 0 fully saturated rings. The largest absolute Gasteiger partial charge is 0.464 e. The van der Waals surface area contributed by atoms with Crippen LogP contribution in [0.1, 0.15) is 24.1 Å². The number of carbonyl (C=O) groups is 1. The lowest BCUT2D eigenvalue weighted by Gasteiger charge is -2.30. The van der Waals surface area contributed by atoms with Crippen LogP contribution in [0.3, 0.4) is 0 Å². The molecule has 4 nitrogen and oxygen atoms in total. The minimum Gasteiger partial charge on any atom is -0.464 e. The summed E-state index contributed by atoms with van der Waals surface area (Å²) in [7, 11) is 1.74. The summed E-state index contributed by atoms with van der Waals surface area (Å²) in [5, 5.41) is 1.07. The first-order valence-electron chi connectivity index (χ1n) is 5.54. The van der Waals surface area contributed by atoms with Crippen molar-refractivity contribution < 1.29 is 13.9 Å². The SMILES string of the molecule is Cc1coc2cc3c(cc12)C(C)N(C)C(=O)O3. The molecule has 1 amide bonds. The summed E-state index contributed by atoms with van der Waals surface area (Å²) in [6.07, 6.45) is 1.39. The third kappa shape index (κ3) is 1.33. The van der Waals surface area contributed by atoms with Gasteiger partial charge in [0, 0.05) is 24.1 Å². The number of carbonyl (C=O) groups excluding carboxylic acids is 1. The Bertz CT molecular complexity index is 614. The normalized spacial score (nSPS) is 19.4. The molecule has 1 unspecified atom stereocenters. The number of fused-ring (bicyclic) bond motifs is 2. The van der Waals surface area contributed by atoms with Gasteiger partial charge in [0.25, 0.3) is 0 Å². The van der Waals surface area contributed by atoms with Gasteiger partial charge >= 0.3 is 6.09 Å². The van der Waals surface area contributed by atoms with Gasteiger partial charge in [-0.15, -0.1) is 0 Å². The van der Waals surface area contributed by atoms with Gasteiger partial charge in [0.05, 0.1) is 12.3 Å². The van der Waals surface area contributed by atoms with Crippen LogP contribution in [0.25, 0.3) is 11.0 Å². The number of benzene rings is 1. The van der Waals surface area contributed by atoms with E-state index in [-0.39, 0.29) is 12.1 Å². The summed E-state index contributed by atoms with van der Waals surface area (Å²) in [6.45, 7) is 3.99. The van der Waals surface area contributed by atoms with E-state index in [0.717, 1.165) is 22.1 Å². The van der Waals surface area contributed by atoms with E-state index in [2.05, 4.69) is 0 Å². The molecule has 1 atom stereocenters. The van der Waals surface area contributed by atoms with Crippen molar-refractivity contribution in [1.29, 1.82) is 0 Å². The average Bonchev–Trinajstić information content (AvgIpc) is 2.66. The highest BCUT2D eigenvalue weighted by atomic mass is 16.6. The van der Waals surface area contributed by atoms with Gasteiger partial charge in [-0.1, -0.05) is 0 Å². The zero-order chi connectivity index (χ0) is 12.2. The van der Waals surface area contributed by atoms with Gasteiger partial charge in [0.1, 0.15) is 11.3 Å². The second-order valence-electron chi connectivity index (χ2n) is 4.46. The first-order valence-corrected chi connectivity index (χ1v) is 5.54. The van der Waals surface area contributed by atoms with Gasteiger partial charge in [0.15, 0.2) is 0 Å². The topological polar surface area (TPSA) is 42.7 Å². The molecule has 88 valence electrons. The maximum atomic E-state index is 11.6. The van der Waals surface area contributed by atoms with Crippen molar-refractivity contribution in [3.05, 3.63) is 29.5 Å². The summed E-state index contributed by atoms with van der Waals surface area (Å²) in [4.78, 5) is 13.2. The molecule has 0 aliphatic carbocycles. The van der Waals surface area contributed by atoms with Crippen LogP contribution in [0.2, 0.25) is 0 Å². The highest BCUT2D eigenvalue weighted by molar-refractivity contribution is 5.86. The van der Waals surface area contributed by atoms with Crippen LogP contribution in [0, 0.1) is 6.92 Å². The van der Waals surface area contributed by atoms with Gasteiger partial charge in [-0.3, -0.25) is 0 Å². The Kier molecular flexibility index (Phi) is 1.96. The van der Waals surface area contributed by atoms with E-state index in [9.17, 15) is 4.79 Å². The standard InChI is InChI=1S/C13H13NO3/c1-7-6-16-11-5-12-10(4-9(7)11)8(2)14(3)13(15)17-12/h4-6,8H,1-3H3. The van der Waals surface area contributed by atoms with Crippen LogP contribution < -0.4 is 4.74 Å². The number of hydrogen-bond acceptors (Lipinski definition) is 3. The van der Waals surface area contributed by atoms with E-state index in [1.165, 1.54) is 0 Å². The number of ether oxygens (including phenoxy) is 1. The fourth-order valence-electron chi connectivity index (χ4n) is 2.15. The zero-order valence-electron chi connectivity index (χ0n) is 9.98. The third-order valence-electron chi connectivity index (χ3n) is 3.42. The fraction of sp³-hybridized carbons (Fsp3) is 0.308. The average molecular weight is 231 g/mol. The molecule has 0 N–H and O–H groups in total. The van der Waals surface area contributed by atoms with Crippen molar-refractivity contribution in [2.75, 3.05) is 7.05 Å². The molecule has 0 spiro atoms. The van der Waals surface area contributed by atoms with Gasteiger partial charge < -0.3 is 14.1 Å². The number of aryl methyl sites for hydroxylation is 1. The molecule has 1 aliphatic rings. The van der Waals surface area contributed by atoms with Crippen LogP contribution in [0.15, 0.2) is 22.8 Å². The molecule has 0 saturated heterocycles. The number of hydrogen-bond donors (Lipinski definition) is 0. The lowest BCUT2D eigenvalue weighted by atomic mass is 10.0.